The van der Waals surface area contributed by atoms with Gasteiger partial charge in [-0.2, -0.15) is 8.42 Å². The van der Waals surface area contributed by atoms with Crippen LogP contribution in [0.1, 0.15) is 219 Å². The van der Waals surface area contributed by atoms with E-state index in [1.54, 1.807) is 0 Å². The lowest BCUT2D eigenvalue weighted by atomic mass is 9.99. The van der Waals surface area contributed by atoms with Crippen molar-refractivity contribution in [3.8, 4) is 0 Å². The third kappa shape index (κ3) is 34.0. The van der Waals surface area contributed by atoms with E-state index in [1.165, 1.54) is 128 Å². The lowest BCUT2D eigenvalue weighted by molar-refractivity contribution is -0.301. The predicted molar refractivity (Wildman–Crippen MR) is 248 cm³/mol. The van der Waals surface area contributed by atoms with Crippen LogP contribution in [0.2, 0.25) is 0 Å². The fourth-order valence-electron chi connectivity index (χ4n) is 7.75. The third-order valence-electron chi connectivity index (χ3n) is 11.6. The molecule has 1 aliphatic heterocycles. The number of rotatable bonds is 44. The Morgan fingerprint density at radius 1 is 0.613 bits per heavy atom. The predicted octanol–water partition coefficient (Wildman–Crippen LogP) is 11.2. The van der Waals surface area contributed by atoms with Crippen LogP contribution in [0.5, 0.6) is 0 Å². The first-order chi connectivity index (χ1) is 30.1. The van der Waals surface area contributed by atoms with Gasteiger partial charge >= 0.3 is 16.4 Å². The first-order valence-electron chi connectivity index (χ1n) is 25.1. The molecule has 1 aliphatic rings. The van der Waals surface area contributed by atoms with Gasteiger partial charge in [-0.3, -0.25) is 9.35 Å². The molecular weight excluding hydrogens is 813 g/mol. The molecule has 0 aromatic rings. The van der Waals surface area contributed by atoms with Crippen LogP contribution in [0.15, 0.2) is 24.3 Å². The Bertz CT molecular complexity index is 1180. The Labute approximate surface area is 378 Å². The van der Waals surface area contributed by atoms with Gasteiger partial charge in [0.25, 0.3) is 0 Å². The molecule has 6 atom stereocenters. The van der Waals surface area contributed by atoms with Gasteiger partial charge in [0.15, 0.2) is 6.29 Å². The number of carbonyl (C=O) groups is 1. The molecule has 1 heterocycles. The van der Waals surface area contributed by atoms with E-state index in [4.69, 9.17) is 18.9 Å². The molecule has 0 aromatic carbocycles. The molecule has 1 fully saturated rings. The summed E-state index contributed by atoms with van der Waals surface area (Å²) < 4.78 is 59.2. The van der Waals surface area contributed by atoms with Crippen LogP contribution >= 0.6 is 0 Å². The van der Waals surface area contributed by atoms with Gasteiger partial charge in [0.05, 0.1) is 19.8 Å². The zero-order chi connectivity index (χ0) is 45.4. The number of allylic oxidation sites excluding steroid dienone is 4. The van der Waals surface area contributed by atoms with E-state index in [9.17, 15) is 33.1 Å². The highest BCUT2D eigenvalue weighted by molar-refractivity contribution is 7.80. The molecule has 0 amide bonds. The molecular formula is C49H92O12S. The van der Waals surface area contributed by atoms with Gasteiger partial charge in [0.2, 0.25) is 0 Å². The highest BCUT2D eigenvalue weighted by atomic mass is 32.3. The van der Waals surface area contributed by atoms with Crippen LogP contribution in [0, 0.1) is 0 Å². The van der Waals surface area contributed by atoms with Crippen molar-refractivity contribution in [2.45, 2.75) is 256 Å². The highest BCUT2D eigenvalue weighted by Gasteiger charge is 2.48. The summed E-state index contributed by atoms with van der Waals surface area (Å²) >= 11 is 0. The molecule has 0 saturated carbocycles. The summed E-state index contributed by atoms with van der Waals surface area (Å²) in [5.41, 5.74) is 0. The largest absolute Gasteiger partial charge is 0.457 e. The number of aliphatic hydroxyl groups excluding tert-OH is 3. The first kappa shape index (κ1) is 58.6. The van der Waals surface area contributed by atoms with E-state index in [-0.39, 0.29) is 19.6 Å². The molecule has 1 rings (SSSR count). The second-order valence-corrected chi connectivity index (χ2v) is 18.5. The Morgan fingerprint density at radius 3 is 1.58 bits per heavy atom. The van der Waals surface area contributed by atoms with Crippen LogP contribution in [0.3, 0.4) is 0 Å². The minimum Gasteiger partial charge on any atom is -0.457 e. The van der Waals surface area contributed by atoms with Gasteiger partial charge < -0.3 is 34.3 Å². The molecule has 6 unspecified atom stereocenters. The summed E-state index contributed by atoms with van der Waals surface area (Å²) in [6.07, 6.45) is 37.8. The average Bonchev–Trinajstić information content (AvgIpc) is 3.24. The summed E-state index contributed by atoms with van der Waals surface area (Å²) in [4.78, 5) is 12.9. The Kier molecular flexibility index (Phi) is 38.8. The monoisotopic (exact) mass is 905 g/mol. The fraction of sp³-hybridized carbons (Fsp3) is 0.898. The van der Waals surface area contributed by atoms with Crippen molar-refractivity contribution in [1.29, 1.82) is 0 Å². The Morgan fingerprint density at radius 2 is 1.08 bits per heavy atom. The second kappa shape index (κ2) is 41.0. The number of unbranched alkanes of at least 4 members (excludes halogenated alkanes) is 27. The van der Waals surface area contributed by atoms with Gasteiger partial charge in [-0.1, -0.05) is 199 Å². The van der Waals surface area contributed by atoms with Gasteiger partial charge in [-0.25, -0.2) is 4.18 Å². The fourth-order valence-corrected chi connectivity index (χ4v) is 8.26. The third-order valence-corrected chi connectivity index (χ3v) is 12.0. The zero-order valence-electron chi connectivity index (χ0n) is 39.2. The molecule has 12 nitrogen and oxygen atoms in total. The van der Waals surface area contributed by atoms with Crippen LogP contribution in [-0.4, -0.2) is 97.5 Å². The molecule has 0 aromatic heterocycles. The summed E-state index contributed by atoms with van der Waals surface area (Å²) in [5.74, 6) is -0.399. The van der Waals surface area contributed by atoms with E-state index >= 15 is 0 Å². The number of carbonyl (C=O) groups excluding carboxylic acids is 1. The number of esters is 1. The second-order valence-electron chi connectivity index (χ2n) is 17.4. The molecule has 0 aliphatic carbocycles. The molecule has 0 spiro atoms. The maximum Gasteiger partial charge on any atom is 0.397 e. The summed E-state index contributed by atoms with van der Waals surface area (Å²) in [7, 11) is -5.06. The summed E-state index contributed by atoms with van der Waals surface area (Å²) in [6, 6.07) is 0. The zero-order valence-corrected chi connectivity index (χ0v) is 40.0. The standard InChI is InChI=1S/C49H92O12S/c1-3-5-7-9-11-13-15-17-19-20-21-22-23-24-26-28-30-32-34-36-38-45(51)59-43(42-58-49-47(53)48(61-62(54,55)56)46(52)44(40-50)60-49)41-57-39-37-35-33-31-29-27-25-18-16-14-12-10-8-6-4-2/h10,12,16,18,43-44,46-50,52-53H,3-9,11,13-15,17,19-42H2,1-2H3,(H,54,55,56)/b12-10-,18-16-. The molecule has 1 saturated heterocycles. The van der Waals surface area contributed by atoms with Gasteiger partial charge in [-0.15, -0.1) is 0 Å². The van der Waals surface area contributed by atoms with Gasteiger partial charge in [-0.05, 0) is 38.5 Å². The van der Waals surface area contributed by atoms with Gasteiger partial charge in [0, 0.05) is 13.0 Å². The minimum atomic E-state index is -5.06. The molecule has 62 heavy (non-hydrogen) atoms. The number of hydrogen-bond acceptors (Lipinski definition) is 11. The van der Waals surface area contributed by atoms with Crippen molar-refractivity contribution in [2.24, 2.45) is 0 Å². The number of ether oxygens (including phenoxy) is 4. The summed E-state index contributed by atoms with van der Waals surface area (Å²) in [5, 5.41) is 30.7. The van der Waals surface area contributed by atoms with E-state index in [1.807, 2.05) is 0 Å². The molecule has 0 bridgehead atoms. The van der Waals surface area contributed by atoms with Crippen molar-refractivity contribution in [3.63, 3.8) is 0 Å². The van der Waals surface area contributed by atoms with Crippen molar-refractivity contribution in [3.05, 3.63) is 24.3 Å². The maximum atomic E-state index is 12.9. The van der Waals surface area contributed by atoms with Crippen molar-refractivity contribution in [2.75, 3.05) is 26.4 Å². The van der Waals surface area contributed by atoms with Crippen molar-refractivity contribution >= 4 is 16.4 Å². The van der Waals surface area contributed by atoms with E-state index in [0.29, 0.717) is 13.0 Å². The lowest BCUT2D eigenvalue weighted by Gasteiger charge is -2.41. The Balaban J connectivity index is 2.36. The number of aliphatic hydroxyl groups is 3. The normalized spacial score (nSPS) is 20.1. The SMILES string of the molecule is CCCC/C=C\C/C=C\CCCCCCCCOCC(COC1OC(CO)C(O)C(OS(=O)(=O)O)C1O)OC(=O)CCCCCCCCCCCCCCCCCCCCCC. The van der Waals surface area contributed by atoms with Crippen LogP contribution < -0.4 is 0 Å². The lowest BCUT2D eigenvalue weighted by Crippen LogP contribution is -2.60. The molecule has 4 N–H and O–H groups in total. The quantitative estimate of drug-likeness (QED) is 0.0197. The molecule has 0 radical (unpaired) electrons. The number of hydrogen-bond donors (Lipinski definition) is 4. The highest BCUT2D eigenvalue weighted by Crippen LogP contribution is 2.26. The smallest absolute Gasteiger partial charge is 0.397 e. The van der Waals surface area contributed by atoms with E-state index in [2.05, 4.69) is 42.3 Å². The first-order valence-corrected chi connectivity index (χ1v) is 26.5. The van der Waals surface area contributed by atoms with Crippen LogP contribution in [-0.2, 0) is 38.3 Å². The van der Waals surface area contributed by atoms with Gasteiger partial charge in [0.1, 0.15) is 30.5 Å². The average molecular weight is 905 g/mol. The van der Waals surface area contributed by atoms with E-state index < -0.39 is 59.8 Å². The van der Waals surface area contributed by atoms with E-state index in [0.717, 1.165) is 64.2 Å². The Hall–Kier alpha value is -1.42. The molecule has 366 valence electrons. The van der Waals surface area contributed by atoms with Crippen LogP contribution in [0.25, 0.3) is 0 Å². The molecule has 13 heteroatoms. The topological polar surface area (TPSA) is 178 Å². The van der Waals surface area contributed by atoms with Crippen molar-refractivity contribution in [1.82, 2.24) is 0 Å². The summed E-state index contributed by atoms with van der Waals surface area (Å²) in [6.45, 7) is 3.96. The van der Waals surface area contributed by atoms with Crippen LogP contribution in [0.4, 0.5) is 0 Å². The maximum absolute atomic E-state index is 12.9. The minimum absolute atomic E-state index is 0.0327. The van der Waals surface area contributed by atoms with Crippen molar-refractivity contribution < 1.29 is 56.2 Å².